The fourth-order valence-corrected chi connectivity index (χ4v) is 11.9. The first-order chi connectivity index (χ1) is 36.3. The number of aryl methyl sites for hydroxylation is 5. The van der Waals surface area contributed by atoms with Crippen LogP contribution in [0.25, 0.3) is 87.6 Å². The van der Waals surface area contributed by atoms with Crippen LogP contribution in [0.5, 0.6) is 5.75 Å². The molecule has 74 heavy (non-hydrogen) atoms. The van der Waals surface area contributed by atoms with Crippen LogP contribution in [0.3, 0.4) is 0 Å². The molecule has 0 atom stereocenters. The molecular formula is C70H54N2O2. The van der Waals surface area contributed by atoms with Crippen molar-refractivity contribution in [2.75, 3.05) is 9.80 Å². The predicted octanol–water partition coefficient (Wildman–Crippen LogP) is 19.9. The maximum absolute atomic E-state index is 12.8. The van der Waals surface area contributed by atoms with Crippen molar-refractivity contribution < 1.29 is 9.52 Å². The number of hydrogen-bond donors (Lipinski definition) is 1. The number of furan rings is 1. The maximum Gasteiger partial charge on any atom is 0.159 e. The van der Waals surface area contributed by atoms with Crippen LogP contribution in [0.4, 0.5) is 34.1 Å². The summed E-state index contributed by atoms with van der Waals surface area (Å²) < 4.78 is 7.21. The minimum Gasteiger partial charge on any atom is -0.505 e. The molecular weight excluding hydrogens is 901 g/mol. The fraction of sp³-hybridized carbons (Fsp3) is 0.0857. The molecule has 13 rings (SSSR count). The zero-order chi connectivity index (χ0) is 50.2. The Morgan fingerprint density at radius 3 is 1.57 bits per heavy atom. The number of nitrogens with zero attached hydrogens (tertiary/aromatic N) is 2. The van der Waals surface area contributed by atoms with E-state index in [9.17, 15) is 5.11 Å². The second-order valence-electron chi connectivity index (χ2n) is 19.8. The molecule has 0 saturated heterocycles. The lowest BCUT2D eigenvalue weighted by atomic mass is 9.91. The van der Waals surface area contributed by atoms with Crippen LogP contribution in [0, 0.1) is 27.7 Å². The van der Waals surface area contributed by atoms with Crippen LogP contribution in [-0.2, 0) is 6.42 Å². The van der Waals surface area contributed by atoms with Crippen molar-refractivity contribution in [3.8, 4) is 39.1 Å². The molecule has 0 unspecified atom stereocenters. The zero-order valence-electron chi connectivity index (χ0n) is 42.2. The highest BCUT2D eigenvalue weighted by Gasteiger charge is 2.28. The fourth-order valence-electron chi connectivity index (χ4n) is 11.9. The first-order valence-corrected chi connectivity index (χ1v) is 25.7. The Morgan fingerprint density at radius 2 is 0.865 bits per heavy atom. The molecule has 0 aliphatic carbocycles. The van der Waals surface area contributed by atoms with Gasteiger partial charge < -0.3 is 19.3 Å². The van der Waals surface area contributed by atoms with Crippen LogP contribution >= 0.6 is 0 Å². The topological polar surface area (TPSA) is 39.9 Å². The van der Waals surface area contributed by atoms with E-state index in [4.69, 9.17) is 4.42 Å². The summed E-state index contributed by atoms with van der Waals surface area (Å²) in [5, 5.41) is 21.8. The lowest BCUT2D eigenvalue weighted by molar-refractivity contribution is 0.478. The Hall–Kier alpha value is -9.12. The van der Waals surface area contributed by atoms with Crippen LogP contribution in [0.2, 0.25) is 0 Å². The predicted molar refractivity (Wildman–Crippen MR) is 313 cm³/mol. The van der Waals surface area contributed by atoms with E-state index in [1.165, 1.54) is 33.0 Å². The van der Waals surface area contributed by atoms with E-state index in [1.54, 1.807) is 0 Å². The lowest BCUT2D eigenvalue weighted by Gasteiger charge is -2.32. The molecule has 0 amide bonds. The second kappa shape index (κ2) is 17.9. The van der Waals surface area contributed by atoms with Gasteiger partial charge in [0.15, 0.2) is 5.58 Å². The molecule has 0 spiro atoms. The number of phenols is 1. The zero-order valence-corrected chi connectivity index (χ0v) is 42.2. The Morgan fingerprint density at radius 1 is 0.365 bits per heavy atom. The Labute approximate surface area is 432 Å². The van der Waals surface area contributed by atoms with Crippen molar-refractivity contribution in [2.45, 2.75) is 41.0 Å². The molecule has 0 bridgehead atoms. The number of para-hydroxylation sites is 5. The van der Waals surface area contributed by atoms with Crippen LogP contribution < -0.4 is 9.80 Å². The second-order valence-corrected chi connectivity index (χ2v) is 19.8. The molecule has 0 fully saturated rings. The molecule has 0 radical (unpaired) electrons. The molecule has 0 aliphatic heterocycles. The molecule has 12 aromatic carbocycles. The number of hydrogen-bond acceptors (Lipinski definition) is 4. The minimum absolute atomic E-state index is 0.223. The summed E-state index contributed by atoms with van der Waals surface area (Å²) in [6.07, 6.45) is 0.929. The van der Waals surface area contributed by atoms with Gasteiger partial charge in [0.2, 0.25) is 0 Å². The van der Waals surface area contributed by atoms with E-state index < -0.39 is 0 Å². The van der Waals surface area contributed by atoms with E-state index in [-0.39, 0.29) is 5.75 Å². The summed E-state index contributed by atoms with van der Waals surface area (Å²) in [6.45, 7) is 10.9. The van der Waals surface area contributed by atoms with E-state index in [1.807, 2.05) is 6.07 Å². The van der Waals surface area contributed by atoms with Gasteiger partial charge in [-0.3, -0.25) is 0 Å². The van der Waals surface area contributed by atoms with Crippen molar-refractivity contribution in [2.24, 2.45) is 0 Å². The standard InChI is InChI=1S/C70H54N2O2/c1-6-47-22-9-11-26-53(47)55-28-15-29-56-57-30-17-33-64(70(57)74-69(55)56)71(60-31-12-8-19-44(60)3)61-40-36-48-35-39-59-62(41-37-49-34-38-58(61)65(48)66(49)59)72(67-45(4)20-13-21-46(67)5)63-32-16-27-54(68(63)73)51-24-14-23-50(42-51)52-25-10-7-18-43(52)2/h7-42,73H,6H2,1-5H3. The molecule has 1 aromatic heterocycles. The van der Waals surface area contributed by atoms with Crippen molar-refractivity contribution in [3.63, 3.8) is 0 Å². The van der Waals surface area contributed by atoms with Crippen molar-refractivity contribution in [3.05, 3.63) is 246 Å². The first kappa shape index (κ1) is 44.8. The molecule has 4 nitrogen and oxygen atoms in total. The first-order valence-electron chi connectivity index (χ1n) is 25.7. The quantitative estimate of drug-likeness (QED) is 0.139. The Balaban J connectivity index is 1.03. The van der Waals surface area contributed by atoms with E-state index in [2.05, 4.69) is 257 Å². The Bertz CT molecular complexity index is 4310. The maximum atomic E-state index is 12.8. The average molecular weight is 955 g/mol. The van der Waals surface area contributed by atoms with Gasteiger partial charge >= 0.3 is 0 Å². The normalized spacial score (nSPS) is 11.7. The monoisotopic (exact) mass is 954 g/mol. The van der Waals surface area contributed by atoms with Gasteiger partial charge in [0.05, 0.1) is 28.4 Å². The summed E-state index contributed by atoms with van der Waals surface area (Å²) in [5.41, 5.74) is 19.8. The van der Waals surface area contributed by atoms with Crippen molar-refractivity contribution >= 4 is 88.4 Å². The van der Waals surface area contributed by atoms with Crippen molar-refractivity contribution in [1.29, 1.82) is 0 Å². The summed E-state index contributed by atoms with van der Waals surface area (Å²) >= 11 is 0. The van der Waals surface area contributed by atoms with Gasteiger partial charge in [0.25, 0.3) is 0 Å². The number of benzene rings is 12. The summed E-state index contributed by atoms with van der Waals surface area (Å²) in [7, 11) is 0. The number of rotatable bonds is 10. The van der Waals surface area contributed by atoms with E-state index >= 15 is 0 Å². The third-order valence-electron chi connectivity index (χ3n) is 15.4. The molecule has 1 heterocycles. The molecule has 356 valence electrons. The van der Waals surface area contributed by atoms with Crippen LogP contribution in [0.15, 0.2) is 223 Å². The molecule has 13 aromatic rings. The highest BCUT2D eigenvalue weighted by molar-refractivity contribution is 6.28. The molecule has 0 saturated carbocycles. The average Bonchev–Trinajstić information content (AvgIpc) is 3.83. The largest absolute Gasteiger partial charge is 0.505 e. The number of fused-ring (bicyclic) bond motifs is 3. The van der Waals surface area contributed by atoms with Crippen LogP contribution in [-0.4, -0.2) is 5.11 Å². The van der Waals surface area contributed by atoms with Crippen LogP contribution in [0.1, 0.15) is 34.7 Å². The van der Waals surface area contributed by atoms with Gasteiger partial charge in [-0.25, -0.2) is 0 Å². The highest BCUT2D eigenvalue weighted by atomic mass is 16.3. The van der Waals surface area contributed by atoms with E-state index in [0.717, 1.165) is 117 Å². The van der Waals surface area contributed by atoms with Gasteiger partial charge in [-0.2, -0.15) is 0 Å². The summed E-state index contributed by atoms with van der Waals surface area (Å²) in [6, 6.07) is 78.1. The van der Waals surface area contributed by atoms with Gasteiger partial charge in [-0.15, -0.1) is 0 Å². The number of phenolic OH excluding ortho intramolecular Hbond substituents is 1. The molecule has 4 heteroatoms. The molecule has 1 N–H and O–H groups in total. The van der Waals surface area contributed by atoms with Gasteiger partial charge in [-0.1, -0.05) is 189 Å². The lowest BCUT2D eigenvalue weighted by Crippen LogP contribution is -2.14. The van der Waals surface area contributed by atoms with Gasteiger partial charge in [-0.05, 0) is 142 Å². The van der Waals surface area contributed by atoms with Gasteiger partial charge in [0.1, 0.15) is 11.3 Å². The third kappa shape index (κ3) is 7.12. The SMILES string of the molecule is CCc1ccccc1-c1cccc2c1oc1c(N(c3ccccc3C)c3ccc4ccc5c(N(c6cccc(-c7cccc(-c8ccccc8C)c7)c6O)c6c(C)cccc6C)ccc6ccc3c4c65)cccc12. The molecule has 0 aliphatic rings. The van der Waals surface area contributed by atoms with Crippen molar-refractivity contribution in [1.82, 2.24) is 0 Å². The third-order valence-corrected chi connectivity index (χ3v) is 15.4. The minimum atomic E-state index is 0.223. The van der Waals surface area contributed by atoms with Gasteiger partial charge in [0, 0.05) is 38.4 Å². The van der Waals surface area contributed by atoms with E-state index in [0.29, 0.717) is 5.69 Å². The summed E-state index contributed by atoms with van der Waals surface area (Å²) in [4.78, 5) is 4.70. The Kier molecular flexibility index (Phi) is 10.8. The smallest absolute Gasteiger partial charge is 0.159 e. The number of anilines is 6. The summed E-state index contributed by atoms with van der Waals surface area (Å²) in [5.74, 6) is 0.223. The highest BCUT2D eigenvalue weighted by Crippen LogP contribution is 2.52. The number of aromatic hydroxyl groups is 1.